The molecule has 6 unspecified atom stereocenters. The zero-order valence-corrected chi connectivity index (χ0v) is 37.4. The molecule has 4 aliphatic carbocycles. The Morgan fingerprint density at radius 3 is 2.66 bits per heavy atom. The zero-order valence-electron chi connectivity index (χ0n) is 36.6. The quantitative estimate of drug-likeness (QED) is 0.238. The van der Waals surface area contributed by atoms with E-state index in [1.54, 1.807) is 20.3 Å². The van der Waals surface area contributed by atoms with Crippen LogP contribution in [0.4, 0.5) is 5.69 Å². The van der Waals surface area contributed by atoms with Gasteiger partial charge in [0.25, 0.3) is 17.7 Å². The molecule has 1 aromatic carbocycles. The summed E-state index contributed by atoms with van der Waals surface area (Å²) in [7, 11) is 3.21. The van der Waals surface area contributed by atoms with E-state index in [-0.39, 0.29) is 73.8 Å². The van der Waals surface area contributed by atoms with Gasteiger partial charge in [-0.3, -0.25) is 24.2 Å². The molecule has 1 aromatic rings. The maximum absolute atomic E-state index is 14.1. The van der Waals surface area contributed by atoms with Crippen molar-refractivity contribution >= 4 is 53.3 Å². The minimum absolute atomic E-state index is 0.0201. The van der Waals surface area contributed by atoms with Crippen molar-refractivity contribution in [1.82, 2.24) is 14.9 Å². The number of nitrogens with zero attached hydrogens (tertiary/aromatic N) is 4. The number of carbonyl (C=O) groups is 5. The molecular weight excluding hydrogens is 851 g/mol. The van der Waals surface area contributed by atoms with Crippen LogP contribution < -0.4 is 14.8 Å². The van der Waals surface area contributed by atoms with Gasteiger partial charge in [-0.25, -0.2) is 4.79 Å². The van der Waals surface area contributed by atoms with Crippen molar-refractivity contribution in [1.29, 1.82) is 0 Å². The number of nitrogens with one attached hydrogen (secondary N) is 1. The molecule has 0 aromatic heterocycles. The standard InChI is InChI=1S/C49H53N5O10S/c1-60-41-18-35-37(50-22-33-16-31-7-3-5-9-39(31)52(33)48(35)58)20-43(41)62-24-28-13-29(15-30(14-28)26-65-27-47(57)64-54-45(55)11-12-46(54)56)25-63-44-21-38-36(19-42(44)61-2)49(59)53-34(23-51-38)17-32-8-4-6-10-40(32)53/h3,5,7-8,10,13,15,19-22,30,33-35,39,41,43,51H,4,6,9,11-12,14,16-18,23-27H2,1-2H3/t30?,33?,34-,35?,39?,41?,43?/m0/s1. The van der Waals surface area contributed by atoms with Gasteiger partial charge in [-0.15, -0.1) is 16.8 Å². The van der Waals surface area contributed by atoms with Crippen molar-refractivity contribution in [2.75, 3.05) is 50.8 Å². The van der Waals surface area contributed by atoms with Crippen LogP contribution in [0.2, 0.25) is 0 Å². The van der Waals surface area contributed by atoms with Crippen molar-refractivity contribution in [3.05, 3.63) is 100.0 Å². The highest BCUT2D eigenvalue weighted by molar-refractivity contribution is 7.99. The molecule has 0 bridgehead atoms. The maximum Gasteiger partial charge on any atom is 0.342 e. The van der Waals surface area contributed by atoms with Crippen molar-refractivity contribution in [3.63, 3.8) is 0 Å². The first-order valence-electron chi connectivity index (χ1n) is 22.6. The van der Waals surface area contributed by atoms with E-state index in [9.17, 15) is 24.0 Å². The Kier molecular flexibility index (Phi) is 12.2. The van der Waals surface area contributed by atoms with E-state index in [1.165, 1.54) is 22.9 Å². The molecule has 10 rings (SSSR count). The number of aliphatic imine (C=N–C) groups is 1. The predicted molar refractivity (Wildman–Crippen MR) is 242 cm³/mol. The summed E-state index contributed by atoms with van der Waals surface area (Å²) in [6, 6.07) is 3.61. The topological polar surface area (TPSA) is 166 Å². The second-order valence-electron chi connectivity index (χ2n) is 17.9. The maximum atomic E-state index is 14.1. The van der Waals surface area contributed by atoms with Gasteiger partial charge < -0.3 is 38.9 Å². The Morgan fingerprint density at radius 1 is 0.985 bits per heavy atom. The third-order valence-electron chi connectivity index (χ3n) is 13.7. The van der Waals surface area contributed by atoms with Gasteiger partial charge in [0.2, 0.25) is 5.91 Å². The Balaban J connectivity index is 0.849. The fourth-order valence-electron chi connectivity index (χ4n) is 10.6. The number of hydrogen-bond acceptors (Lipinski definition) is 13. The molecule has 16 heteroatoms. The van der Waals surface area contributed by atoms with E-state index >= 15 is 0 Å². The first-order chi connectivity index (χ1) is 31.6. The minimum atomic E-state index is -0.668. The number of carbonyl (C=O) groups excluding carboxylic acids is 5. The number of amides is 4. The number of thioether (sulfide) groups is 1. The average molecular weight is 904 g/mol. The normalized spacial score (nSPS) is 28.8. The van der Waals surface area contributed by atoms with Crippen molar-refractivity contribution in [2.24, 2.45) is 16.8 Å². The molecule has 3 fully saturated rings. The molecule has 5 heterocycles. The van der Waals surface area contributed by atoms with Crippen LogP contribution in [-0.4, -0.2) is 126 Å². The molecule has 5 aliphatic heterocycles. The molecule has 7 atom stereocenters. The van der Waals surface area contributed by atoms with E-state index in [2.05, 4.69) is 47.8 Å². The molecule has 15 nitrogen and oxygen atoms in total. The Morgan fingerprint density at radius 2 is 1.83 bits per heavy atom. The number of fused-ring (bicyclic) bond motifs is 8. The number of ether oxygens (including phenoxy) is 4. The summed E-state index contributed by atoms with van der Waals surface area (Å²) < 4.78 is 24.9. The molecule has 9 aliphatic rings. The molecule has 0 radical (unpaired) electrons. The van der Waals surface area contributed by atoms with Crippen LogP contribution >= 0.6 is 11.8 Å². The first-order valence-corrected chi connectivity index (χ1v) is 23.8. The number of imide groups is 1. The highest BCUT2D eigenvalue weighted by Crippen LogP contribution is 2.44. The number of hydroxylamine groups is 2. The van der Waals surface area contributed by atoms with E-state index in [0.717, 1.165) is 48.9 Å². The second kappa shape index (κ2) is 18.3. The summed E-state index contributed by atoms with van der Waals surface area (Å²) in [6.45, 7) is 1.06. The van der Waals surface area contributed by atoms with Gasteiger partial charge in [-0.1, -0.05) is 42.5 Å². The minimum Gasteiger partial charge on any atom is -0.493 e. The lowest BCUT2D eigenvalue weighted by Gasteiger charge is -2.36. The highest BCUT2D eigenvalue weighted by atomic mass is 32.2. The van der Waals surface area contributed by atoms with Crippen LogP contribution in [0.25, 0.3) is 0 Å². The van der Waals surface area contributed by atoms with Crippen LogP contribution in [0.1, 0.15) is 68.1 Å². The Bertz CT molecular complexity index is 2430. The first kappa shape index (κ1) is 43.2. The molecule has 0 saturated carbocycles. The Labute approximate surface area is 381 Å². The largest absolute Gasteiger partial charge is 0.493 e. The average Bonchev–Trinajstić information content (AvgIpc) is 3.93. The lowest BCUT2D eigenvalue weighted by Crippen LogP contribution is -2.47. The third-order valence-corrected chi connectivity index (χ3v) is 14.8. The van der Waals surface area contributed by atoms with Gasteiger partial charge in [0, 0.05) is 50.2 Å². The number of benzene rings is 1. The van der Waals surface area contributed by atoms with Gasteiger partial charge >= 0.3 is 5.97 Å². The molecule has 4 amide bonds. The van der Waals surface area contributed by atoms with Crippen LogP contribution in [0.15, 0.2) is 99.4 Å². The summed E-state index contributed by atoms with van der Waals surface area (Å²) in [5.74, 6) is -0.719. The number of hydrogen-bond donors (Lipinski definition) is 1. The van der Waals surface area contributed by atoms with Gasteiger partial charge in [0.15, 0.2) is 11.5 Å². The highest BCUT2D eigenvalue weighted by Gasteiger charge is 2.47. The third kappa shape index (κ3) is 8.51. The molecule has 65 heavy (non-hydrogen) atoms. The molecule has 340 valence electrons. The van der Waals surface area contributed by atoms with Crippen LogP contribution in [-0.2, 0) is 33.5 Å². The predicted octanol–water partition coefficient (Wildman–Crippen LogP) is 5.78. The summed E-state index contributed by atoms with van der Waals surface area (Å²) in [5, 5.41) is 4.09. The van der Waals surface area contributed by atoms with E-state index in [0.29, 0.717) is 58.6 Å². The lowest BCUT2D eigenvalue weighted by atomic mass is 9.87. The zero-order chi connectivity index (χ0) is 44.8. The summed E-state index contributed by atoms with van der Waals surface area (Å²) in [6.07, 6.45) is 23.5. The fraction of sp³-hybridized carbons (Fsp3) is 0.469. The second-order valence-corrected chi connectivity index (χ2v) is 18.9. The lowest BCUT2D eigenvalue weighted by molar-refractivity contribution is -0.195. The SMILES string of the molecule is COc1cc2c(cc1OCC1=CC(CSCC(=O)ON3C(=O)CCC3=O)CC(COC3C=C4N=CC5CC6=CC=CCC6N5C(=O)C4CC3OC)=C1)NC[C@@H]1CC3=CCCC=C3N1C2=O. The number of anilines is 1. The van der Waals surface area contributed by atoms with Gasteiger partial charge in [-0.2, -0.15) is 0 Å². The molecule has 3 saturated heterocycles. The number of allylic oxidation sites excluding steroid dienone is 6. The van der Waals surface area contributed by atoms with E-state index in [1.807, 2.05) is 28.2 Å². The number of methoxy groups -OCH3 is 2. The van der Waals surface area contributed by atoms with Crippen molar-refractivity contribution < 1.29 is 47.8 Å². The van der Waals surface area contributed by atoms with E-state index < -0.39 is 29.8 Å². The van der Waals surface area contributed by atoms with Gasteiger partial charge in [0.05, 0.1) is 66.6 Å². The van der Waals surface area contributed by atoms with Crippen LogP contribution in [0, 0.1) is 11.8 Å². The number of rotatable bonds is 13. The smallest absolute Gasteiger partial charge is 0.342 e. The van der Waals surface area contributed by atoms with Crippen molar-refractivity contribution in [3.8, 4) is 11.5 Å². The molecule has 0 spiro atoms. The van der Waals surface area contributed by atoms with Crippen molar-refractivity contribution in [2.45, 2.75) is 88.1 Å². The molecule has 1 N–H and O–H groups in total. The van der Waals surface area contributed by atoms with E-state index in [4.69, 9.17) is 28.8 Å². The van der Waals surface area contributed by atoms with Crippen LogP contribution in [0.3, 0.4) is 0 Å². The summed E-state index contributed by atoms with van der Waals surface area (Å²) in [4.78, 5) is 78.9. The Hall–Kier alpha value is -5.71. The van der Waals surface area contributed by atoms with Crippen LogP contribution in [0.5, 0.6) is 11.5 Å². The van der Waals surface area contributed by atoms with Gasteiger partial charge in [-0.05, 0) is 85.3 Å². The van der Waals surface area contributed by atoms with Gasteiger partial charge in [0.1, 0.15) is 12.7 Å². The summed E-state index contributed by atoms with van der Waals surface area (Å²) in [5.41, 5.74) is 7.34. The monoisotopic (exact) mass is 903 g/mol. The fourth-order valence-corrected chi connectivity index (χ4v) is 11.5. The summed E-state index contributed by atoms with van der Waals surface area (Å²) >= 11 is 1.35. The molecular formula is C49H53N5O10S.